The number of anilines is 2. The Bertz CT molecular complexity index is 1390. The molecule has 1 amide bonds. The van der Waals surface area contributed by atoms with Gasteiger partial charge in [-0.2, -0.15) is 0 Å². The Balaban J connectivity index is 1.63. The molecule has 1 N–H and O–H groups in total. The molecule has 0 fully saturated rings. The summed E-state index contributed by atoms with van der Waals surface area (Å²) in [5.41, 5.74) is 4.98. The molecule has 0 radical (unpaired) electrons. The van der Waals surface area contributed by atoms with Gasteiger partial charge in [0.15, 0.2) is 4.80 Å². The molecule has 2 aromatic carbocycles. The second-order valence-electron chi connectivity index (χ2n) is 7.44. The fourth-order valence-electron chi connectivity index (χ4n) is 3.75. The molecule has 1 aromatic heterocycles. The molecule has 0 spiro atoms. The van der Waals surface area contributed by atoms with Crippen molar-refractivity contribution in [3.63, 3.8) is 0 Å². The molecule has 8 heteroatoms. The molecule has 0 unspecified atom stereocenters. The number of carbonyl (C=O) groups is 1. The lowest BCUT2D eigenvalue weighted by molar-refractivity contribution is -0.110. The lowest BCUT2D eigenvalue weighted by Crippen LogP contribution is -2.43. The SMILES string of the molecule is COc1ccc2c(c1)C(=c1sc3n(c1=O)CN(c1ccc(C)c(C)c1)CN=3)C(=O)N2. The molecule has 3 aromatic rings. The zero-order chi connectivity index (χ0) is 21.0. The Morgan fingerprint density at radius 2 is 1.93 bits per heavy atom. The van der Waals surface area contributed by atoms with Crippen molar-refractivity contribution in [3.05, 3.63) is 72.8 Å². The van der Waals surface area contributed by atoms with E-state index in [4.69, 9.17) is 4.74 Å². The van der Waals surface area contributed by atoms with Crippen LogP contribution in [0.4, 0.5) is 11.4 Å². The molecule has 3 heterocycles. The second kappa shape index (κ2) is 6.84. The van der Waals surface area contributed by atoms with Crippen molar-refractivity contribution >= 4 is 34.2 Å². The predicted octanol–water partition coefficient (Wildman–Crippen LogP) is 1.74. The summed E-state index contributed by atoms with van der Waals surface area (Å²) in [5, 5.41) is 2.84. The summed E-state index contributed by atoms with van der Waals surface area (Å²) in [6, 6.07) is 11.6. The average molecular weight is 420 g/mol. The number of thiazole rings is 1. The van der Waals surface area contributed by atoms with Crippen molar-refractivity contribution in [1.29, 1.82) is 0 Å². The second-order valence-corrected chi connectivity index (χ2v) is 8.41. The van der Waals surface area contributed by atoms with Gasteiger partial charge in [0.25, 0.3) is 11.5 Å². The van der Waals surface area contributed by atoms with Crippen LogP contribution in [0.25, 0.3) is 5.57 Å². The molecule has 0 bridgehead atoms. The number of fused-ring (bicyclic) bond motifs is 2. The van der Waals surface area contributed by atoms with Gasteiger partial charge in [-0.25, -0.2) is 4.99 Å². The van der Waals surface area contributed by atoms with E-state index < -0.39 is 0 Å². The van der Waals surface area contributed by atoms with Crippen LogP contribution < -0.4 is 29.8 Å². The van der Waals surface area contributed by atoms with E-state index in [1.54, 1.807) is 29.9 Å². The van der Waals surface area contributed by atoms with Crippen LogP contribution in [0.5, 0.6) is 5.75 Å². The molecular formula is C22H20N4O3S. The maximum absolute atomic E-state index is 13.3. The minimum atomic E-state index is -0.277. The first-order valence-electron chi connectivity index (χ1n) is 9.56. The number of amides is 1. The van der Waals surface area contributed by atoms with Crippen LogP contribution in [0.2, 0.25) is 0 Å². The van der Waals surface area contributed by atoms with E-state index in [0.717, 1.165) is 5.69 Å². The third-order valence-electron chi connectivity index (χ3n) is 5.61. The van der Waals surface area contributed by atoms with Crippen molar-refractivity contribution in [2.75, 3.05) is 24.0 Å². The maximum Gasteiger partial charge on any atom is 0.272 e. The van der Waals surface area contributed by atoms with Gasteiger partial charge >= 0.3 is 0 Å². The molecule has 0 saturated carbocycles. The van der Waals surface area contributed by atoms with Gasteiger partial charge in [0.2, 0.25) is 0 Å². The molecular weight excluding hydrogens is 400 g/mol. The van der Waals surface area contributed by atoms with Crippen molar-refractivity contribution < 1.29 is 9.53 Å². The summed E-state index contributed by atoms with van der Waals surface area (Å²) in [4.78, 5) is 33.2. The molecule has 7 nitrogen and oxygen atoms in total. The zero-order valence-corrected chi connectivity index (χ0v) is 17.7. The first-order chi connectivity index (χ1) is 14.5. The number of nitrogens with one attached hydrogen (secondary N) is 1. The summed E-state index contributed by atoms with van der Waals surface area (Å²) in [5.74, 6) is 0.357. The smallest absolute Gasteiger partial charge is 0.272 e. The average Bonchev–Trinajstić information content (AvgIpc) is 3.24. The summed E-state index contributed by atoms with van der Waals surface area (Å²) in [7, 11) is 1.57. The summed E-state index contributed by atoms with van der Waals surface area (Å²) in [6.07, 6.45) is 0. The lowest BCUT2D eigenvalue weighted by Gasteiger charge is -2.26. The summed E-state index contributed by atoms with van der Waals surface area (Å²) in [6.45, 7) is 5.01. The fraction of sp³-hybridized carbons (Fsp3) is 0.227. The number of hydrogen-bond donors (Lipinski definition) is 1. The minimum Gasteiger partial charge on any atom is -0.497 e. The lowest BCUT2D eigenvalue weighted by atomic mass is 10.1. The Kier molecular flexibility index (Phi) is 4.25. The van der Waals surface area contributed by atoms with Crippen molar-refractivity contribution in [2.45, 2.75) is 20.5 Å². The highest BCUT2D eigenvalue weighted by atomic mass is 32.1. The number of nitrogens with zero attached hydrogens (tertiary/aromatic N) is 3. The third kappa shape index (κ3) is 2.83. The normalized spacial score (nSPS) is 16.6. The first-order valence-corrected chi connectivity index (χ1v) is 10.4. The van der Waals surface area contributed by atoms with Gasteiger partial charge in [0.05, 0.1) is 12.7 Å². The number of methoxy groups -OCH3 is 1. The van der Waals surface area contributed by atoms with Crippen LogP contribution in [0, 0.1) is 13.8 Å². The third-order valence-corrected chi connectivity index (χ3v) is 6.72. The van der Waals surface area contributed by atoms with Crippen molar-refractivity contribution in [1.82, 2.24) is 4.57 Å². The van der Waals surface area contributed by atoms with Crippen LogP contribution in [-0.2, 0) is 11.5 Å². The van der Waals surface area contributed by atoms with E-state index >= 15 is 0 Å². The Hall–Kier alpha value is -3.39. The standard InChI is InChI=1S/C22H20N4O3S/c1-12-4-5-14(8-13(12)2)25-10-23-22-26(11-25)21(28)19(30-22)18-16-9-15(29-3)6-7-17(16)24-20(18)27/h4-9H,10-11H2,1-3H3,(H,24,27). The molecule has 152 valence electrons. The van der Waals surface area contributed by atoms with Crippen LogP contribution in [0.1, 0.15) is 16.7 Å². The van der Waals surface area contributed by atoms with Crippen LogP contribution in [0.15, 0.2) is 46.2 Å². The monoisotopic (exact) mass is 420 g/mol. The molecule has 0 saturated heterocycles. The van der Waals surface area contributed by atoms with Crippen molar-refractivity contribution in [3.8, 4) is 5.75 Å². The van der Waals surface area contributed by atoms with Gasteiger partial charge in [0, 0.05) is 16.9 Å². The first kappa shape index (κ1) is 18.6. The van der Waals surface area contributed by atoms with E-state index in [1.165, 1.54) is 22.5 Å². The van der Waals surface area contributed by atoms with E-state index in [9.17, 15) is 9.59 Å². The van der Waals surface area contributed by atoms with Crippen LogP contribution in [0.3, 0.4) is 0 Å². The number of rotatable bonds is 2. The van der Waals surface area contributed by atoms with Crippen molar-refractivity contribution in [2.24, 2.45) is 4.99 Å². The quantitative estimate of drug-likeness (QED) is 0.685. The van der Waals surface area contributed by atoms with E-state index in [-0.39, 0.29) is 11.5 Å². The van der Waals surface area contributed by atoms with Gasteiger partial charge in [-0.15, -0.1) is 0 Å². The highest BCUT2D eigenvalue weighted by Crippen LogP contribution is 2.33. The molecule has 5 rings (SSSR count). The fourth-order valence-corrected chi connectivity index (χ4v) is 4.80. The van der Waals surface area contributed by atoms with E-state index in [1.807, 2.05) is 11.0 Å². The van der Waals surface area contributed by atoms with E-state index in [2.05, 4.69) is 36.3 Å². The Morgan fingerprint density at radius 3 is 2.70 bits per heavy atom. The number of hydrogen-bond acceptors (Lipinski definition) is 6. The minimum absolute atomic E-state index is 0.201. The Labute approximate surface area is 176 Å². The molecule has 2 aliphatic rings. The van der Waals surface area contributed by atoms with Crippen LogP contribution >= 0.6 is 11.3 Å². The van der Waals surface area contributed by atoms with Gasteiger partial charge < -0.3 is 15.0 Å². The molecule has 0 atom stereocenters. The topological polar surface area (TPSA) is 75.9 Å². The van der Waals surface area contributed by atoms with Gasteiger partial charge in [-0.1, -0.05) is 17.4 Å². The highest BCUT2D eigenvalue weighted by Gasteiger charge is 2.28. The predicted molar refractivity (Wildman–Crippen MR) is 117 cm³/mol. The number of benzene rings is 2. The van der Waals surface area contributed by atoms with Crippen LogP contribution in [-0.4, -0.2) is 24.3 Å². The largest absolute Gasteiger partial charge is 0.497 e. The Morgan fingerprint density at radius 1 is 1.10 bits per heavy atom. The van der Waals surface area contributed by atoms with Gasteiger partial charge in [-0.05, 0) is 55.3 Å². The maximum atomic E-state index is 13.3. The number of carbonyl (C=O) groups excluding carboxylic acids is 1. The summed E-state index contributed by atoms with van der Waals surface area (Å²) >= 11 is 1.26. The van der Waals surface area contributed by atoms with Gasteiger partial charge in [-0.3, -0.25) is 14.2 Å². The number of aromatic nitrogens is 1. The number of ether oxygens (including phenoxy) is 1. The summed E-state index contributed by atoms with van der Waals surface area (Å²) < 4.78 is 7.33. The molecule has 30 heavy (non-hydrogen) atoms. The molecule has 0 aliphatic carbocycles. The number of aryl methyl sites for hydroxylation is 2. The highest BCUT2D eigenvalue weighted by molar-refractivity contribution is 7.07. The van der Waals surface area contributed by atoms with E-state index in [0.29, 0.717) is 45.2 Å². The zero-order valence-electron chi connectivity index (χ0n) is 16.9. The molecule has 2 aliphatic heterocycles. The van der Waals surface area contributed by atoms with Gasteiger partial charge in [0.1, 0.15) is 23.6 Å².